The first-order chi connectivity index (χ1) is 8.58. The van der Waals surface area contributed by atoms with Gasteiger partial charge in [0.05, 0.1) is 25.5 Å². The number of quaternary nitrogens is 2. The quantitative estimate of drug-likeness (QED) is 0.758. The number of aryl methyl sites for hydroxylation is 1. The fourth-order valence-corrected chi connectivity index (χ4v) is 2.87. The van der Waals surface area contributed by atoms with Gasteiger partial charge in [0, 0.05) is 30.9 Å². The number of rotatable bonds is 1. The maximum atomic E-state index is 14.2. The lowest BCUT2D eigenvalue weighted by molar-refractivity contribution is -0.886. The number of furan rings is 1. The van der Waals surface area contributed by atoms with Crippen LogP contribution in [0.2, 0.25) is 0 Å². The van der Waals surface area contributed by atoms with E-state index >= 15 is 0 Å². The molecular formula is C14H19FN2O+2. The highest BCUT2D eigenvalue weighted by atomic mass is 19.1. The molecular weight excluding hydrogens is 231 g/mol. The summed E-state index contributed by atoms with van der Waals surface area (Å²) in [5.74, 6) is 0.749. The van der Waals surface area contributed by atoms with Gasteiger partial charge in [0.1, 0.15) is 11.3 Å². The van der Waals surface area contributed by atoms with Crippen LogP contribution in [0.5, 0.6) is 0 Å². The maximum absolute atomic E-state index is 14.2. The second kappa shape index (κ2) is 4.07. The molecule has 1 aliphatic carbocycles. The van der Waals surface area contributed by atoms with Gasteiger partial charge in [-0.2, -0.15) is 4.39 Å². The minimum Gasteiger partial charge on any atom is -0.461 e. The van der Waals surface area contributed by atoms with Crippen LogP contribution in [-0.2, 0) is 12.8 Å². The Balaban J connectivity index is 2.17. The van der Waals surface area contributed by atoms with Crippen molar-refractivity contribution in [2.75, 3.05) is 14.1 Å². The summed E-state index contributed by atoms with van der Waals surface area (Å²) in [6.07, 6.45) is 2.91. The summed E-state index contributed by atoms with van der Waals surface area (Å²) >= 11 is 0. The molecule has 2 aromatic rings. The maximum Gasteiger partial charge on any atom is 0.194 e. The highest BCUT2D eigenvalue weighted by Crippen LogP contribution is 2.34. The van der Waals surface area contributed by atoms with Gasteiger partial charge in [0.15, 0.2) is 11.5 Å². The first-order valence-corrected chi connectivity index (χ1v) is 6.42. The normalized spacial score (nSPS) is 19.5. The molecule has 1 unspecified atom stereocenters. The summed E-state index contributed by atoms with van der Waals surface area (Å²) in [5.41, 5.74) is 5.91. The van der Waals surface area contributed by atoms with Crippen molar-refractivity contribution in [3.63, 3.8) is 0 Å². The van der Waals surface area contributed by atoms with Gasteiger partial charge >= 0.3 is 0 Å². The van der Waals surface area contributed by atoms with Crippen LogP contribution >= 0.6 is 0 Å². The number of likely N-dealkylation sites (N-methyl/N-ethyl adjacent to an activating group) is 1. The molecule has 96 valence electrons. The number of hydrogen-bond donors (Lipinski definition) is 2. The Bertz CT molecular complexity index is 603. The molecule has 4 N–H and O–H groups in total. The van der Waals surface area contributed by atoms with Crippen molar-refractivity contribution in [2.45, 2.75) is 25.3 Å². The summed E-state index contributed by atoms with van der Waals surface area (Å²) < 4.78 is 20.0. The molecule has 0 radical (unpaired) electrons. The Labute approximate surface area is 105 Å². The zero-order valence-corrected chi connectivity index (χ0v) is 10.8. The number of benzene rings is 1. The summed E-state index contributed by atoms with van der Waals surface area (Å²) in [7, 11) is 4.31. The van der Waals surface area contributed by atoms with Gasteiger partial charge in [-0.1, -0.05) is 0 Å². The molecule has 0 aliphatic heterocycles. The highest BCUT2D eigenvalue weighted by Gasteiger charge is 2.29. The Morgan fingerprint density at radius 1 is 1.39 bits per heavy atom. The number of nitrogens with one attached hydrogen (secondary N) is 1. The second-order valence-electron chi connectivity index (χ2n) is 5.43. The van der Waals surface area contributed by atoms with Gasteiger partial charge in [-0.25, -0.2) is 0 Å². The summed E-state index contributed by atoms with van der Waals surface area (Å²) in [6.45, 7) is 0. The van der Waals surface area contributed by atoms with Crippen LogP contribution in [0.15, 0.2) is 16.5 Å². The molecule has 1 heterocycles. The topological polar surface area (TPSA) is 45.2 Å². The third-order valence-corrected chi connectivity index (χ3v) is 4.04. The molecule has 18 heavy (non-hydrogen) atoms. The van der Waals surface area contributed by atoms with Crippen LogP contribution in [0, 0.1) is 5.82 Å². The molecule has 0 fully saturated rings. The van der Waals surface area contributed by atoms with E-state index in [1.807, 2.05) is 6.07 Å². The van der Waals surface area contributed by atoms with Crippen molar-refractivity contribution in [3.8, 4) is 0 Å². The molecule has 1 atom stereocenters. The van der Waals surface area contributed by atoms with Gasteiger partial charge in [-0.3, -0.25) is 0 Å². The first-order valence-electron chi connectivity index (χ1n) is 6.42. The van der Waals surface area contributed by atoms with E-state index in [1.165, 1.54) is 4.90 Å². The summed E-state index contributed by atoms with van der Waals surface area (Å²) in [4.78, 5) is 1.42. The Morgan fingerprint density at radius 2 is 2.17 bits per heavy atom. The van der Waals surface area contributed by atoms with E-state index < -0.39 is 0 Å². The van der Waals surface area contributed by atoms with Crippen LogP contribution in [0.25, 0.3) is 11.0 Å². The molecule has 1 aromatic carbocycles. The van der Waals surface area contributed by atoms with E-state index in [0.717, 1.165) is 30.6 Å². The second-order valence-corrected chi connectivity index (χ2v) is 5.43. The van der Waals surface area contributed by atoms with E-state index in [2.05, 4.69) is 19.8 Å². The van der Waals surface area contributed by atoms with Crippen LogP contribution in [0.3, 0.4) is 0 Å². The zero-order chi connectivity index (χ0) is 12.9. The molecule has 3 rings (SSSR count). The van der Waals surface area contributed by atoms with E-state index in [9.17, 15) is 4.39 Å². The molecule has 0 spiro atoms. The van der Waals surface area contributed by atoms with Crippen LogP contribution in [-0.4, -0.2) is 20.1 Å². The largest absolute Gasteiger partial charge is 0.461 e. The number of hydrogen-bond acceptors (Lipinski definition) is 1. The van der Waals surface area contributed by atoms with Gasteiger partial charge in [-0.05, 0) is 6.07 Å². The van der Waals surface area contributed by atoms with Crippen molar-refractivity contribution in [2.24, 2.45) is 0 Å². The van der Waals surface area contributed by atoms with Crippen molar-refractivity contribution >= 4 is 16.7 Å². The zero-order valence-electron chi connectivity index (χ0n) is 10.8. The Morgan fingerprint density at radius 3 is 2.89 bits per heavy atom. The van der Waals surface area contributed by atoms with Crippen molar-refractivity contribution < 1.29 is 19.4 Å². The van der Waals surface area contributed by atoms with Gasteiger partial charge < -0.3 is 15.1 Å². The Hall–Kier alpha value is -1.39. The molecule has 0 amide bonds. The lowest BCUT2D eigenvalue weighted by Gasteiger charge is -2.24. The van der Waals surface area contributed by atoms with Crippen LogP contribution in [0.1, 0.15) is 17.7 Å². The highest BCUT2D eigenvalue weighted by molar-refractivity contribution is 5.85. The summed E-state index contributed by atoms with van der Waals surface area (Å²) in [6, 6.07) is 4.06. The molecule has 4 heteroatoms. The summed E-state index contributed by atoms with van der Waals surface area (Å²) in [5, 5.41) is 0.656. The molecule has 1 aromatic heterocycles. The van der Waals surface area contributed by atoms with Crippen molar-refractivity contribution in [3.05, 3.63) is 29.3 Å². The minimum absolute atomic E-state index is 0.216. The van der Waals surface area contributed by atoms with E-state index in [-0.39, 0.29) is 5.82 Å². The molecule has 0 saturated carbocycles. The van der Waals surface area contributed by atoms with Gasteiger partial charge in [0.2, 0.25) is 0 Å². The van der Waals surface area contributed by atoms with Crippen LogP contribution < -0.4 is 10.6 Å². The van der Waals surface area contributed by atoms with Crippen molar-refractivity contribution in [1.82, 2.24) is 0 Å². The monoisotopic (exact) mass is 250 g/mol. The lowest BCUT2D eigenvalue weighted by Crippen LogP contribution is -3.10. The van der Waals surface area contributed by atoms with E-state index in [0.29, 0.717) is 22.7 Å². The fourth-order valence-electron chi connectivity index (χ4n) is 2.87. The molecule has 3 nitrogen and oxygen atoms in total. The SMILES string of the molecule is C[NH+](C)C1CCc2oc3ccc([NH3+])c(F)c3c2C1. The smallest absolute Gasteiger partial charge is 0.194 e. The lowest BCUT2D eigenvalue weighted by atomic mass is 9.91. The molecule has 1 aliphatic rings. The van der Waals surface area contributed by atoms with Gasteiger partial charge in [0.25, 0.3) is 0 Å². The number of fused-ring (bicyclic) bond motifs is 3. The van der Waals surface area contributed by atoms with Crippen LogP contribution in [0.4, 0.5) is 10.1 Å². The third kappa shape index (κ3) is 1.64. The average Bonchev–Trinajstić information content (AvgIpc) is 2.71. The third-order valence-electron chi connectivity index (χ3n) is 4.04. The predicted octanol–water partition coefficient (Wildman–Crippen LogP) is 0.447. The number of halogens is 1. The fraction of sp³-hybridized carbons (Fsp3) is 0.429. The van der Waals surface area contributed by atoms with E-state index in [4.69, 9.17) is 4.42 Å². The van der Waals surface area contributed by atoms with E-state index in [1.54, 1.807) is 6.07 Å². The minimum atomic E-state index is -0.216. The Kier molecular flexibility index (Phi) is 2.64. The van der Waals surface area contributed by atoms with Crippen molar-refractivity contribution in [1.29, 1.82) is 0 Å². The predicted molar refractivity (Wildman–Crippen MR) is 67.3 cm³/mol. The average molecular weight is 250 g/mol. The standard InChI is InChI=1S/C14H17FN2O/c1-17(2)8-3-5-11-9(7-8)13-12(18-11)6-4-10(16)14(13)15/h4,6,8H,3,5,7,16H2,1-2H3/p+2. The van der Waals surface area contributed by atoms with Gasteiger partial charge in [-0.15, -0.1) is 0 Å². The first kappa shape index (κ1) is 11.7. The molecule has 0 saturated heterocycles. The molecule has 0 bridgehead atoms.